The minimum absolute atomic E-state index is 0.0836. The van der Waals surface area contributed by atoms with Crippen molar-refractivity contribution in [1.29, 1.82) is 0 Å². The monoisotopic (exact) mass is 443 g/mol. The fourth-order valence-corrected chi connectivity index (χ4v) is 5.41. The van der Waals surface area contributed by atoms with Crippen LogP contribution in [-0.4, -0.2) is 17.0 Å². The number of carbonyl (C=O) groups excluding carboxylic acids is 1. The summed E-state index contributed by atoms with van der Waals surface area (Å²) in [5.41, 5.74) is 15.1. The predicted octanol–water partition coefficient (Wildman–Crippen LogP) is 4.00. The van der Waals surface area contributed by atoms with Gasteiger partial charge >= 0.3 is 0 Å². The number of nitrogens with zero attached hydrogens (tertiary/aromatic N) is 1. The van der Waals surface area contributed by atoms with Crippen molar-refractivity contribution in [3.05, 3.63) is 94.4 Å². The van der Waals surface area contributed by atoms with Crippen LogP contribution in [0.4, 0.5) is 0 Å². The lowest BCUT2D eigenvalue weighted by Crippen LogP contribution is -2.47. The maximum atomic E-state index is 13.1. The second-order valence-corrected chi connectivity index (χ2v) is 9.37. The van der Waals surface area contributed by atoms with Crippen molar-refractivity contribution >= 4 is 5.91 Å². The SMILES string of the molecule is Cn1c(C(Cc2ccccc2)C2(C(N)=O)CCC(CN)CC2)cc(-c2ccccc2)cc1=O. The van der Waals surface area contributed by atoms with Crippen LogP contribution in [0.2, 0.25) is 0 Å². The van der Waals surface area contributed by atoms with Crippen LogP contribution in [0.3, 0.4) is 0 Å². The molecular weight excluding hydrogens is 410 g/mol. The number of rotatable bonds is 7. The van der Waals surface area contributed by atoms with Gasteiger partial charge in [-0.25, -0.2) is 0 Å². The molecule has 172 valence electrons. The molecule has 1 amide bonds. The molecule has 33 heavy (non-hydrogen) atoms. The number of primary amides is 1. The first-order valence-corrected chi connectivity index (χ1v) is 11.7. The standard InChI is InChI=1S/C28H33N3O2/c1-31-25(17-23(18-26(31)32)22-10-6-3-7-11-22)24(16-20-8-4-2-5-9-20)28(27(30)33)14-12-21(19-29)13-15-28/h2-11,17-18,21,24H,12-16,19,29H2,1H3,(H2,30,33). The van der Waals surface area contributed by atoms with E-state index in [1.54, 1.807) is 17.7 Å². The van der Waals surface area contributed by atoms with E-state index in [-0.39, 0.29) is 17.4 Å². The Morgan fingerprint density at radius 3 is 2.18 bits per heavy atom. The Hall–Kier alpha value is -3.18. The van der Waals surface area contributed by atoms with Crippen molar-refractivity contribution in [2.75, 3.05) is 6.54 Å². The Morgan fingerprint density at radius 1 is 1.00 bits per heavy atom. The highest BCUT2D eigenvalue weighted by Crippen LogP contribution is 2.50. The zero-order valence-corrected chi connectivity index (χ0v) is 19.2. The van der Waals surface area contributed by atoms with E-state index in [0.29, 0.717) is 31.7 Å². The first-order chi connectivity index (χ1) is 15.9. The molecule has 5 nitrogen and oxygen atoms in total. The zero-order chi connectivity index (χ0) is 23.4. The van der Waals surface area contributed by atoms with Gasteiger partial charge in [0.25, 0.3) is 5.56 Å². The third-order valence-electron chi connectivity index (χ3n) is 7.54. The number of aromatic nitrogens is 1. The summed E-state index contributed by atoms with van der Waals surface area (Å²) in [5, 5.41) is 0. The van der Waals surface area contributed by atoms with Crippen molar-refractivity contribution in [2.45, 2.75) is 38.0 Å². The third kappa shape index (κ3) is 4.64. The lowest BCUT2D eigenvalue weighted by Gasteiger charge is -2.44. The summed E-state index contributed by atoms with van der Waals surface area (Å²) < 4.78 is 1.69. The van der Waals surface area contributed by atoms with Gasteiger partial charge < -0.3 is 16.0 Å². The van der Waals surface area contributed by atoms with Crippen molar-refractivity contribution in [3.8, 4) is 11.1 Å². The summed E-state index contributed by atoms with van der Waals surface area (Å²) >= 11 is 0. The van der Waals surface area contributed by atoms with E-state index in [4.69, 9.17) is 11.5 Å². The second kappa shape index (κ2) is 9.75. The topological polar surface area (TPSA) is 91.1 Å². The molecule has 0 bridgehead atoms. The van der Waals surface area contributed by atoms with Gasteiger partial charge in [-0.15, -0.1) is 0 Å². The summed E-state index contributed by atoms with van der Waals surface area (Å²) in [6.45, 7) is 0.625. The van der Waals surface area contributed by atoms with Crippen LogP contribution in [0, 0.1) is 11.3 Å². The van der Waals surface area contributed by atoms with Crippen LogP contribution in [0.15, 0.2) is 77.6 Å². The van der Waals surface area contributed by atoms with Gasteiger partial charge in [-0.2, -0.15) is 0 Å². The Bertz CT molecular complexity index is 1150. The van der Waals surface area contributed by atoms with Crippen molar-refractivity contribution in [1.82, 2.24) is 4.57 Å². The van der Waals surface area contributed by atoms with Gasteiger partial charge in [-0.05, 0) is 67.3 Å². The van der Waals surface area contributed by atoms with Crippen LogP contribution >= 0.6 is 0 Å². The number of nitrogens with two attached hydrogens (primary N) is 2. The van der Waals surface area contributed by atoms with Gasteiger partial charge in [0.2, 0.25) is 5.91 Å². The van der Waals surface area contributed by atoms with Crippen LogP contribution < -0.4 is 17.0 Å². The lowest BCUT2D eigenvalue weighted by molar-refractivity contribution is -0.132. The van der Waals surface area contributed by atoms with E-state index in [2.05, 4.69) is 18.2 Å². The van der Waals surface area contributed by atoms with E-state index in [0.717, 1.165) is 35.2 Å². The normalized spacial score (nSPS) is 21.5. The first-order valence-electron chi connectivity index (χ1n) is 11.7. The highest BCUT2D eigenvalue weighted by molar-refractivity contribution is 5.82. The summed E-state index contributed by atoms with van der Waals surface area (Å²) in [6.07, 6.45) is 3.76. The number of amides is 1. The van der Waals surface area contributed by atoms with Gasteiger partial charge in [0.15, 0.2) is 0 Å². The summed E-state index contributed by atoms with van der Waals surface area (Å²) in [7, 11) is 1.80. The number of hydrogen-bond donors (Lipinski definition) is 2. The Balaban J connectivity index is 1.87. The molecule has 1 aliphatic carbocycles. The average molecular weight is 444 g/mol. The van der Waals surface area contributed by atoms with Gasteiger partial charge in [-0.3, -0.25) is 9.59 Å². The van der Waals surface area contributed by atoms with Gasteiger partial charge in [-0.1, -0.05) is 60.7 Å². The molecule has 0 aliphatic heterocycles. The third-order valence-corrected chi connectivity index (χ3v) is 7.54. The van der Waals surface area contributed by atoms with E-state index in [1.807, 2.05) is 48.5 Å². The van der Waals surface area contributed by atoms with Crippen LogP contribution in [0.25, 0.3) is 11.1 Å². The lowest BCUT2D eigenvalue weighted by atomic mass is 9.60. The van der Waals surface area contributed by atoms with Crippen LogP contribution in [0.5, 0.6) is 0 Å². The van der Waals surface area contributed by atoms with Crippen LogP contribution in [0.1, 0.15) is 42.9 Å². The molecule has 0 spiro atoms. The number of benzene rings is 2. The van der Waals surface area contributed by atoms with E-state index < -0.39 is 5.41 Å². The molecule has 4 N–H and O–H groups in total. The molecule has 4 rings (SSSR count). The summed E-state index contributed by atoms with van der Waals surface area (Å²) in [6, 6.07) is 23.8. The molecule has 1 heterocycles. The molecule has 1 unspecified atom stereocenters. The summed E-state index contributed by atoms with van der Waals surface area (Å²) in [4.78, 5) is 26.2. The fourth-order valence-electron chi connectivity index (χ4n) is 5.41. The molecule has 1 aromatic heterocycles. The number of pyridine rings is 1. The maximum Gasteiger partial charge on any atom is 0.251 e. The van der Waals surface area contributed by atoms with Crippen LogP contribution in [-0.2, 0) is 18.3 Å². The molecule has 1 aliphatic rings. The molecule has 1 fully saturated rings. The quantitative estimate of drug-likeness (QED) is 0.578. The highest BCUT2D eigenvalue weighted by Gasteiger charge is 2.47. The smallest absolute Gasteiger partial charge is 0.251 e. The largest absolute Gasteiger partial charge is 0.369 e. The van der Waals surface area contributed by atoms with Crippen molar-refractivity contribution in [2.24, 2.45) is 29.8 Å². The number of carbonyl (C=O) groups is 1. The van der Waals surface area contributed by atoms with Gasteiger partial charge in [0.1, 0.15) is 0 Å². The molecular formula is C28H33N3O2. The second-order valence-electron chi connectivity index (χ2n) is 9.37. The van der Waals surface area contributed by atoms with E-state index in [9.17, 15) is 9.59 Å². The van der Waals surface area contributed by atoms with E-state index >= 15 is 0 Å². The maximum absolute atomic E-state index is 13.1. The first kappa shape index (κ1) is 23.0. The zero-order valence-electron chi connectivity index (χ0n) is 19.2. The molecule has 1 atom stereocenters. The summed E-state index contributed by atoms with van der Waals surface area (Å²) in [5.74, 6) is -0.0803. The molecule has 3 aromatic rings. The van der Waals surface area contributed by atoms with Gasteiger partial charge in [0, 0.05) is 24.7 Å². The van der Waals surface area contributed by atoms with Gasteiger partial charge in [0.05, 0.1) is 5.41 Å². The molecule has 1 saturated carbocycles. The number of hydrogen-bond acceptors (Lipinski definition) is 3. The molecule has 5 heteroatoms. The highest BCUT2D eigenvalue weighted by atomic mass is 16.1. The molecule has 2 aromatic carbocycles. The Labute approximate surface area is 195 Å². The molecule has 0 saturated heterocycles. The predicted molar refractivity (Wildman–Crippen MR) is 133 cm³/mol. The molecule has 0 radical (unpaired) electrons. The Kier molecular flexibility index (Phi) is 6.80. The van der Waals surface area contributed by atoms with Crippen molar-refractivity contribution in [3.63, 3.8) is 0 Å². The minimum Gasteiger partial charge on any atom is -0.369 e. The van der Waals surface area contributed by atoms with E-state index in [1.165, 1.54) is 0 Å². The minimum atomic E-state index is -0.721. The average Bonchev–Trinajstić information content (AvgIpc) is 2.85. The van der Waals surface area contributed by atoms with Crippen molar-refractivity contribution < 1.29 is 4.79 Å². The Morgan fingerprint density at radius 2 is 1.61 bits per heavy atom. The fraction of sp³-hybridized carbons (Fsp3) is 0.357.